The van der Waals surface area contributed by atoms with Crippen LogP contribution in [-0.4, -0.2) is 18.4 Å². The molecule has 0 spiro atoms. The van der Waals surface area contributed by atoms with E-state index >= 15 is 0 Å². The van der Waals surface area contributed by atoms with Crippen molar-refractivity contribution in [3.05, 3.63) is 95.2 Å². The van der Waals surface area contributed by atoms with E-state index in [2.05, 4.69) is 5.32 Å². The molecule has 7 heteroatoms. The first-order valence-electron chi connectivity index (χ1n) is 10.6. The number of nitrogens with zero attached hydrogens (tertiary/aromatic N) is 1. The smallest absolute Gasteiger partial charge is 0.282 e. The lowest BCUT2D eigenvalue weighted by molar-refractivity contribution is -0.120. The van der Waals surface area contributed by atoms with Crippen LogP contribution in [0.5, 0.6) is 5.75 Å². The van der Waals surface area contributed by atoms with E-state index in [1.165, 1.54) is 0 Å². The third kappa shape index (κ3) is 4.35. The summed E-state index contributed by atoms with van der Waals surface area (Å²) in [7, 11) is 0. The summed E-state index contributed by atoms with van der Waals surface area (Å²) in [5, 5.41) is 3.03. The summed E-state index contributed by atoms with van der Waals surface area (Å²) in [6, 6.07) is 16.9. The summed E-state index contributed by atoms with van der Waals surface area (Å²) in [5.41, 5.74) is 1.98. The van der Waals surface area contributed by atoms with Crippen LogP contribution in [0.4, 0.5) is 20.2 Å². The van der Waals surface area contributed by atoms with Crippen molar-refractivity contribution in [2.45, 2.75) is 20.3 Å². The molecule has 1 N–H and O–H groups in total. The number of ether oxygens (including phenoxy) is 1. The van der Waals surface area contributed by atoms with Gasteiger partial charge in [-0.3, -0.25) is 9.59 Å². The molecule has 0 bridgehead atoms. The van der Waals surface area contributed by atoms with Gasteiger partial charge in [0.25, 0.3) is 11.8 Å². The first-order valence-corrected chi connectivity index (χ1v) is 10.6. The zero-order valence-corrected chi connectivity index (χ0v) is 18.2. The maximum Gasteiger partial charge on any atom is 0.282 e. The average Bonchev–Trinajstić information content (AvgIpc) is 3.05. The van der Waals surface area contributed by atoms with Crippen LogP contribution < -0.4 is 15.0 Å². The van der Waals surface area contributed by atoms with Gasteiger partial charge >= 0.3 is 0 Å². The number of aryl methyl sites for hydroxylation is 1. The molecular weight excluding hydrogens is 426 g/mol. The van der Waals surface area contributed by atoms with Gasteiger partial charge in [0.1, 0.15) is 23.1 Å². The van der Waals surface area contributed by atoms with E-state index in [-0.39, 0.29) is 17.0 Å². The molecule has 0 aromatic heterocycles. The summed E-state index contributed by atoms with van der Waals surface area (Å²) < 4.78 is 33.4. The average molecular weight is 448 g/mol. The second-order valence-corrected chi connectivity index (χ2v) is 7.42. The van der Waals surface area contributed by atoms with Gasteiger partial charge in [-0.1, -0.05) is 31.2 Å². The predicted octanol–water partition coefficient (Wildman–Crippen LogP) is 5.32. The van der Waals surface area contributed by atoms with E-state index in [0.717, 1.165) is 29.0 Å². The van der Waals surface area contributed by atoms with Crippen LogP contribution in [-0.2, 0) is 16.0 Å². The highest BCUT2D eigenvalue weighted by molar-refractivity contribution is 6.46. The molecule has 3 aromatic carbocycles. The van der Waals surface area contributed by atoms with Crippen molar-refractivity contribution in [1.29, 1.82) is 0 Å². The van der Waals surface area contributed by atoms with Crippen molar-refractivity contribution in [3.63, 3.8) is 0 Å². The number of carbonyl (C=O) groups excluding carboxylic acids is 2. The molecule has 5 nitrogen and oxygen atoms in total. The van der Waals surface area contributed by atoms with Gasteiger partial charge in [-0.25, -0.2) is 13.7 Å². The second kappa shape index (κ2) is 9.24. The Morgan fingerprint density at radius 3 is 2.18 bits per heavy atom. The van der Waals surface area contributed by atoms with Crippen LogP contribution in [0.2, 0.25) is 0 Å². The Bertz CT molecular complexity index is 1240. The minimum absolute atomic E-state index is 0.0112. The van der Waals surface area contributed by atoms with Crippen LogP contribution >= 0.6 is 0 Å². The Balaban J connectivity index is 1.79. The molecule has 0 saturated carbocycles. The Morgan fingerprint density at radius 1 is 0.879 bits per heavy atom. The molecule has 3 aromatic rings. The zero-order chi connectivity index (χ0) is 23.5. The van der Waals surface area contributed by atoms with Crippen LogP contribution in [0.3, 0.4) is 0 Å². The first-order chi connectivity index (χ1) is 15.9. The largest absolute Gasteiger partial charge is 0.494 e. The standard InChI is InChI=1S/C26H22F2N2O3/c1-3-16-5-10-19(11-6-16)29-24-23(17-7-12-20(13-8-17)33-4-2)25(31)30(26(24)32)22-14-9-18(27)15-21(22)28/h5-15,29H,3-4H2,1-2H3. The van der Waals surface area contributed by atoms with Crippen LogP contribution in [0.15, 0.2) is 72.4 Å². The molecule has 0 saturated heterocycles. The van der Waals surface area contributed by atoms with Gasteiger partial charge in [-0.15, -0.1) is 0 Å². The van der Waals surface area contributed by atoms with Crippen LogP contribution in [0.25, 0.3) is 5.57 Å². The number of carbonyl (C=O) groups is 2. The number of rotatable bonds is 7. The molecule has 4 rings (SSSR count). The lowest BCUT2D eigenvalue weighted by Gasteiger charge is -2.16. The second-order valence-electron chi connectivity index (χ2n) is 7.42. The fraction of sp³-hybridized carbons (Fsp3) is 0.154. The summed E-state index contributed by atoms with van der Waals surface area (Å²) in [6.07, 6.45) is 0.857. The van der Waals surface area contributed by atoms with Gasteiger partial charge < -0.3 is 10.1 Å². The molecular formula is C26H22F2N2O3. The summed E-state index contributed by atoms with van der Waals surface area (Å²) in [6.45, 7) is 4.37. The normalized spacial score (nSPS) is 13.6. The van der Waals surface area contributed by atoms with Crippen molar-refractivity contribution >= 4 is 28.8 Å². The molecule has 0 aliphatic carbocycles. The Hall–Kier alpha value is -4.00. The van der Waals surface area contributed by atoms with E-state index in [0.29, 0.717) is 29.7 Å². The number of amides is 2. The van der Waals surface area contributed by atoms with Gasteiger partial charge in [0.05, 0.1) is 17.9 Å². The molecule has 168 valence electrons. The fourth-order valence-corrected chi connectivity index (χ4v) is 3.65. The molecule has 0 unspecified atom stereocenters. The maximum absolute atomic E-state index is 14.5. The lowest BCUT2D eigenvalue weighted by Crippen LogP contribution is -2.33. The molecule has 33 heavy (non-hydrogen) atoms. The Labute approximate surface area is 190 Å². The third-order valence-corrected chi connectivity index (χ3v) is 5.32. The third-order valence-electron chi connectivity index (χ3n) is 5.32. The first kappa shape index (κ1) is 22.2. The summed E-state index contributed by atoms with van der Waals surface area (Å²) in [4.78, 5) is 27.4. The summed E-state index contributed by atoms with van der Waals surface area (Å²) >= 11 is 0. The SMILES string of the molecule is CCOc1ccc(C2=C(Nc3ccc(CC)cc3)C(=O)N(c3ccc(F)cc3F)C2=O)cc1. The Morgan fingerprint density at radius 2 is 1.58 bits per heavy atom. The highest BCUT2D eigenvalue weighted by Crippen LogP contribution is 2.35. The number of imide groups is 1. The van der Waals surface area contributed by atoms with Crippen molar-refractivity contribution in [2.24, 2.45) is 0 Å². The van der Waals surface area contributed by atoms with Crippen LogP contribution in [0, 0.1) is 11.6 Å². The number of halogens is 2. The molecule has 1 heterocycles. The van der Waals surface area contributed by atoms with Crippen LogP contribution in [0.1, 0.15) is 25.0 Å². The van der Waals surface area contributed by atoms with Gasteiger partial charge in [-0.05, 0) is 60.9 Å². The van der Waals surface area contributed by atoms with Crippen molar-refractivity contribution in [3.8, 4) is 5.75 Å². The highest BCUT2D eigenvalue weighted by atomic mass is 19.1. The Kier molecular flexibility index (Phi) is 6.22. The molecule has 0 atom stereocenters. The molecule has 0 radical (unpaired) electrons. The number of hydrogen-bond acceptors (Lipinski definition) is 4. The summed E-state index contributed by atoms with van der Waals surface area (Å²) in [5.74, 6) is -2.62. The zero-order valence-electron chi connectivity index (χ0n) is 18.2. The van der Waals surface area contributed by atoms with E-state index in [1.807, 2.05) is 26.0 Å². The lowest BCUT2D eigenvalue weighted by atomic mass is 10.0. The van der Waals surface area contributed by atoms with E-state index in [9.17, 15) is 18.4 Å². The van der Waals surface area contributed by atoms with Gasteiger partial charge in [0, 0.05) is 11.8 Å². The van der Waals surface area contributed by atoms with Gasteiger partial charge in [-0.2, -0.15) is 0 Å². The van der Waals surface area contributed by atoms with Crippen molar-refractivity contribution < 1.29 is 23.1 Å². The topological polar surface area (TPSA) is 58.6 Å². The molecule has 2 amide bonds. The van der Waals surface area contributed by atoms with Gasteiger partial charge in [0.15, 0.2) is 0 Å². The molecule has 1 aliphatic rings. The molecule has 1 aliphatic heterocycles. The monoisotopic (exact) mass is 448 g/mol. The maximum atomic E-state index is 14.5. The van der Waals surface area contributed by atoms with E-state index in [4.69, 9.17) is 4.74 Å². The van der Waals surface area contributed by atoms with Crippen molar-refractivity contribution in [1.82, 2.24) is 0 Å². The minimum atomic E-state index is -1.00. The fourth-order valence-electron chi connectivity index (χ4n) is 3.65. The molecule has 0 fully saturated rings. The number of nitrogens with one attached hydrogen (secondary N) is 1. The minimum Gasteiger partial charge on any atom is -0.494 e. The number of anilines is 2. The number of hydrogen-bond donors (Lipinski definition) is 1. The number of benzene rings is 3. The van der Waals surface area contributed by atoms with Gasteiger partial charge in [0.2, 0.25) is 0 Å². The van der Waals surface area contributed by atoms with E-state index < -0.39 is 23.4 Å². The highest BCUT2D eigenvalue weighted by Gasteiger charge is 2.41. The van der Waals surface area contributed by atoms with E-state index in [1.54, 1.807) is 36.4 Å². The quantitative estimate of drug-likeness (QED) is 0.497. The predicted molar refractivity (Wildman–Crippen MR) is 123 cm³/mol. The van der Waals surface area contributed by atoms with Crippen molar-refractivity contribution in [2.75, 3.05) is 16.8 Å².